The molecule has 0 unspecified atom stereocenters. The van der Waals surface area contributed by atoms with Gasteiger partial charge in [0, 0.05) is 10.9 Å². The SMILES string of the molecule is CC(C)(C)Nc1nn(-c2ccccc2)c(=O)c2ccccc12. The van der Waals surface area contributed by atoms with Crippen LogP contribution < -0.4 is 10.9 Å². The van der Waals surface area contributed by atoms with E-state index in [0.717, 1.165) is 11.1 Å². The van der Waals surface area contributed by atoms with Crippen LogP contribution in [-0.2, 0) is 0 Å². The van der Waals surface area contributed by atoms with Gasteiger partial charge in [-0.3, -0.25) is 4.79 Å². The van der Waals surface area contributed by atoms with Crippen molar-refractivity contribution in [1.82, 2.24) is 9.78 Å². The minimum atomic E-state index is -0.144. The van der Waals surface area contributed by atoms with Crippen molar-refractivity contribution in [3.05, 3.63) is 65.0 Å². The first-order chi connectivity index (χ1) is 10.5. The van der Waals surface area contributed by atoms with Crippen LogP contribution in [0.2, 0.25) is 0 Å². The van der Waals surface area contributed by atoms with Crippen molar-refractivity contribution in [2.24, 2.45) is 0 Å². The fourth-order valence-corrected chi connectivity index (χ4v) is 2.38. The Morgan fingerprint density at radius 3 is 2.14 bits per heavy atom. The summed E-state index contributed by atoms with van der Waals surface area (Å²) in [5, 5.41) is 9.44. The van der Waals surface area contributed by atoms with Gasteiger partial charge in [-0.15, -0.1) is 5.10 Å². The lowest BCUT2D eigenvalue weighted by atomic mass is 10.1. The lowest BCUT2D eigenvalue weighted by molar-refractivity contribution is 0.626. The van der Waals surface area contributed by atoms with Gasteiger partial charge in [0.25, 0.3) is 5.56 Å². The molecular weight excluding hydrogens is 274 g/mol. The summed E-state index contributed by atoms with van der Waals surface area (Å²) in [4.78, 5) is 12.7. The van der Waals surface area contributed by atoms with Gasteiger partial charge in [0.2, 0.25) is 0 Å². The molecule has 4 nitrogen and oxygen atoms in total. The van der Waals surface area contributed by atoms with Gasteiger partial charge in [0.05, 0.1) is 11.1 Å². The molecule has 0 spiro atoms. The Balaban J connectivity index is 2.31. The Bertz CT molecular complexity index is 861. The highest BCUT2D eigenvalue weighted by Crippen LogP contribution is 2.22. The standard InChI is InChI=1S/C18H19N3O/c1-18(2,3)19-16-14-11-7-8-12-15(14)17(22)21(20-16)13-9-5-4-6-10-13/h4-12H,1-3H3,(H,19,20). The fraction of sp³-hybridized carbons (Fsp3) is 0.222. The number of nitrogens with one attached hydrogen (secondary N) is 1. The highest BCUT2D eigenvalue weighted by molar-refractivity contribution is 5.91. The van der Waals surface area contributed by atoms with Crippen LogP contribution in [0.5, 0.6) is 0 Å². The third-order valence-electron chi connectivity index (χ3n) is 3.30. The van der Waals surface area contributed by atoms with E-state index in [4.69, 9.17) is 0 Å². The normalized spacial score (nSPS) is 11.6. The fourth-order valence-electron chi connectivity index (χ4n) is 2.38. The summed E-state index contributed by atoms with van der Waals surface area (Å²) < 4.78 is 1.45. The van der Waals surface area contributed by atoms with Crippen LogP contribution >= 0.6 is 0 Å². The van der Waals surface area contributed by atoms with Crippen molar-refractivity contribution < 1.29 is 0 Å². The number of rotatable bonds is 2. The minimum absolute atomic E-state index is 0.110. The van der Waals surface area contributed by atoms with Crippen LogP contribution in [0.4, 0.5) is 5.82 Å². The highest BCUT2D eigenvalue weighted by Gasteiger charge is 2.16. The molecular formula is C18H19N3O. The zero-order chi connectivity index (χ0) is 15.7. The van der Waals surface area contributed by atoms with Gasteiger partial charge in [-0.25, -0.2) is 0 Å². The van der Waals surface area contributed by atoms with Crippen molar-refractivity contribution in [3.63, 3.8) is 0 Å². The summed E-state index contributed by atoms with van der Waals surface area (Å²) in [6.45, 7) is 6.21. The third kappa shape index (κ3) is 2.72. The van der Waals surface area contributed by atoms with E-state index in [-0.39, 0.29) is 11.1 Å². The second kappa shape index (κ2) is 5.30. The van der Waals surface area contributed by atoms with E-state index in [9.17, 15) is 4.79 Å². The summed E-state index contributed by atoms with van der Waals surface area (Å²) in [5.41, 5.74) is 0.505. The molecule has 2 aromatic carbocycles. The Hall–Kier alpha value is -2.62. The topological polar surface area (TPSA) is 46.9 Å². The van der Waals surface area contributed by atoms with Crippen LogP contribution in [-0.4, -0.2) is 15.3 Å². The Kier molecular flexibility index (Phi) is 3.45. The van der Waals surface area contributed by atoms with Crippen LogP contribution in [0, 0.1) is 0 Å². The molecule has 4 heteroatoms. The lowest BCUT2D eigenvalue weighted by Gasteiger charge is -2.23. The number of hydrogen-bond donors (Lipinski definition) is 1. The molecule has 0 aliphatic carbocycles. The first-order valence-electron chi connectivity index (χ1n) is 7.31. The average molecular weight is 293 g/mol. The quantitative estimate of drug-likeness (QED) is 0.785. The Labute approximate surface area is 129 Å². The monoisotopic (exact) mass is 293 g/mol. The second-order valence-electron chi connectivity index (χ2n) is 6.32. The molecule has 0 amide bonds. The number of para-hydroxylation sites is 1. The number of hydrogen-bond acceptors (Lipinski definition) is 3. The van der Waals surface area contributed by atoms with E-state index in [1.54, 1.807) is 0 Å². The van der Waals surface area contributed by atoms with Gasteiger partial charge in [-0.1, -0.05) is 36.4 Å². The van der Waals surface area contributed by atoms with Crippen molar-refractivity contribution >= 4 is 16.6 Å². The summed E-state index contributed by atoms with van der Waals surface area (Å²) in [6.07, 6.45) is 0. The number of nitrogens with zero attached hydrogens (tertiary/aromatic N) is 2. The van der Waals surface area contributed by atoms with Crippen LogP contribution in [0.3, 0.4) is 0 Å². The first kappa shape index (κ1) is 14.3. The van der Waals surface area contributed by atoms with Gasteiger partial charge < -0.3 is 5.32 Å². The molecule has 0 bridgehead atoms. The van der Waals surface area contributed by atoms with E-state index < -0.39 is 0 Å². The Morgan fingerprint density at radius 1 is 0.909 bits per heavy atom. The molecule has 3 aromatic rings. The molecule has 1 heterocycles. The van der Waals surface area contributed by atoms with Gasteiger partial charge >= 0.3 is 0 Å². The zero-order valence-corrected chi connectivity index (χ0v) is 13.0. The molecule has 0 saturated heterocycles. The summed E-state index contributed by atoms with van der Waals surface area (Å²) in [6, 6.07) is 17.0. The molecule has 3 rings (SSSR count). The van der Waals surface area contributed by atoms with Crippen molar-refractivity contribution in [2.75, 3.05) is 5.32 Å². The van der Waals surface area contributed by atoms with E-state index in [0.29, 0.717) is 11.2 Å². The first-order valence-corrected chi connectivity index (χ1v) is 7.31. The van der Waals surface area contributed by atoms with Gasteiger partial charge in [-0.2, -0.15) is 4.68 Å². The third-order valence-corrected chi connectivity index (χ3v) is 3.30. The summed E-state index contributed by atoms with van der Waals surface area (Å²) in [7, 11) is 0. The molecule has 0 fully saturated rings. The molecule has 0 atom stereocenters. The van der Waals surface area contributed by atoms with E-state index in [1.165, 1.54) is 4.68 Å². The smallest absolute Gasteiger partial charge is 0.279 e. The maximum Gasteiger partial charge on any atom is 0.279 e. The van der Waals surface area contributed by atoms with Gasteiger partial charge in [0.15, 0.2) is 5.82 Å². The van der Waals surface area contributed by atoms with Crippen LogP contribution in [0.25, 0.3) is 16.5 Å². The van der Waals surface area contributed by atoms with Crippen LogP contribution in [0.1, 0.15) is 20.8 Å². The Morgan fingerprint density at radius 2 is 1.50 bits per heavy atom. The van der Waals surface area contributed by atoms with E-state index >= 15 is 0 Å². The molecule has 1 aromatic heterocycles. The molecule has 0 aliphatic rings. The molecule has 0 saturated carbocycles. The molecule has 0 aliphatic heterocycles. The van der Waals surface area contributed by atoms with Crippen LogP contribution in [0.15, 0.2) is 59.4 Å². The second-order valence-corrected chi connectivity index (χ2v) is 6.32. The number of aromatic nitrogens is 2. The largest absolute Gasteiger partial charge is 0.364 e. The predicted octanol–water partition coefficient (Wildman–Crippen LogP) is 3.60. The number of anilines is 1. The van der Waals surface area contributed by atoms with E-state index in [1.807, 2.05) is 54.6 Å². The van der Waals surface area contributed by atoms with E-state index in [2.05, 4.69) is 31.2 Å². The number of fused-ring (bicyclic) bond motifs is 1. The lowest BCUT2D eigenvalue weighted by Crippen LogP contribution is -2.30. The summed E-state index contributed by atoms with van der Waals surface area (Å²) >= 11 is 0. The molecule has 0 radical (unpaired) electrons. The zero-order valence-electron chi connectivity index (χ0n) is 13.0. The van der Waals surface area contributed by atoms with Crippen molar-refractivity contribution in [2.45, 2.75) is 26.3 Å². The summed E-state index contributed by atoms with van der Waals surface area (Å²) in [5.74, 6) is 0.714. The van der Waals surface area contributed by atoms with Gasteiger partial charge in [0.1, 0.15) is 0 Å². The number of benzene rings is 2. The highest BCUT2D eigenvalue weighted by atomic mass is 16.1. The van der Waals surface area contributed by atoms with Crippen molar-refractivity contribution in [3.8, 4) is 5.69 Å². The molecule has 112 valence electrons. The van der Waals surface area contributed by atoms with Gasteiger partial charge in [-0.05, 0) is 39.0 Å². The molecule has 1 N–H and O–H groups in total. The minimum Gasteiger partial charge on any atom is -0.364 e. The average Bonchev–Trinajstić information content (AvgIpc) is 2.50. The maximum absolute atomic E-state index is 12.7. The van der Waals surface area contributed by atoms with Crippen molar-refractivity contribution in [1.29, 1.82) is 0 Å². The maximum atomic E-state index is 12.7. The molecule has 22 heavy (non-hydrogen) atoms. The predicted molar refractivity (Wildman–Crippen MR) is 90.7 cm³/mol.